The third-order valence-corrected chi connectivity index (χ3v) is 5.94. The third kappa shape index (κ3) is 5.33. The molecule has 3 rings (SSSR count). The molecule has 0 unspecified atom stereocenters. The Morgan fingerprint density at radius 3 is 2.19 bits per heavy atom. The predicted octanol–water partition coefficient (Wildman–Crippen LogP) is 7.89. The Bertz CT molecular complexity index is 1050. The Labute approximate surface area is 186 Å². The molecule has 31 heavy (non-hydrogen) atoms. The Morgan fingerprint density at radius 2 is 1.61 bits per heavy atom. The number of halogens is 1. The second-order valence-corrected chi connectivity index (χ2v) is 9.34. The molecule has 3 aromatic rings. The van der Waals surface area contributed by atoms with Gasteiger partial charge in [-0.1, -0.05) is 32.0 Å². The van der Waals surface area contributed by atoms with Gasteiger partial charge in [0.15, 0.2) is 0 Å². The van der Waals surface area contributed by atoms with Gasteiger partial charge >= 0.3 is 0 Å². The normalized spacial score (nSPS) is 11.4. The smallest absolute Gasteiger partial charge is 0.127 e. The van der Waals surface area contributed by atoms with Crippen molar-refractivity contribution >= 4 is 5.82 Å². The molecule has 0 bridgehead atoms. The first-order valence-electron chi connectivity index (χ1n) is 11.3. The van der Waals surface area contributed by atoms with Gasteiger partial charge < -0.3 is 5.32 Å². The lowest BCUT2D eigenvalue weighted by atomic mass is 9.87. The van der Waals surface area contributed by atoms with Gasteiger partial charge in [0.25, 0.3) is 0 Å². The first kappa shape index (κ1) is 23.0. The summed E-state index contributed by atoms with van der Waals surface area (Å²) in [4.78, 5) is 4.57. The monoisotopic (exact) mass is 418 g/mol. The molecule has 2 nitrogen and oxygen atoms in total. The van der Waals surface area contributed by atoms with Crippen LogP contribution < -0.4 is 5.32 Å². The van der Waals surface area contributed by atoms with Gasteiger partial charge in [0.1, 0.15) is 11.6 Å². The van der Waals surface area contributed by atoms with E-state index in [0.717, 1.165) is 46.5 Å². The molecule has 0 radical (unpaired) electrons. The number of rotatable bonds is 7. The number of nitrogens with one attached hydrogen (secondary N) is 1. The van der Waals surface area contributed by atoms with Crippen LogP contribution in [0.4, 0.5) is 10.2 Å². The van der Waals surface area contributed by atoms with Crippen molar-refractivity contribution in [2.24, 2.45) is 5.92 Å². The van der Waals surface area contributed by atoms with Crippen LogP contribution in [0.1, 0.15) is 56.4 Å². The first-order valence-corrected chi connectivity index (χ1v) is 11.3. The van der Waals surface area contributed by atoms with Gasteiger partial charge in [0, 0.05) is 17.8 Å². The quantitative estimate of drug-likeness (QED) is 0.422. The zero-order chi connectivity index (χ0) is 22.7. The lowest BCUT2D eigenvalue weighted by molar-refractivity contribution is 0.558. The molecule has 0 atom stereocenters. The van der Waals surface area contributed by atoms with Crippen molar-refractivity contribution in [1.82, 2.24) is 4.98 Å². The molecular formula is C28H35FN2. The summed E-state index contributed by atoms with van der Waals surface area (Å²) >= 11 is 0. The van der Waals surface area contributed by atoms with Crippen molar-refractivity contribution in [3.8, 4) is 22.3 Å². The summed E-state index contributed by atoms with van der Waals surface area (Å²) in [5.74, 6) is 1.36. The standard InChI is InChI=1S/C28H35FN2/c1-17(2)8-9-22-10-11-23(15-26(22)29)28-19(5)14-25(20(6)21(28)7)24-12-13-27(30-16-24)31-18(3)4/h10-18H,8-9H2,1-7H3,(H,30,31). The summed E-state index contributed by atoms with van der Waals surface area (Å²) in [6.45, 7) is 14.9. The molecule has 1 heterocycles. The number of benzene rings is 2. The van der Waals surface area contributed by atoms with E-state index < -0.39 is 0 Å². The molecule has 0 aliphatic carbocycles. The molecular weight excluding hydrogens is 383 g/mol. The lowest BCUT2D eigenvalue weighted by Gasteiger charge is -2.18. The topological polar surface area (TPSA) is 24.9 Å². The molecule has 0 saturated carbocycles. The fourth-order valence-corrected chi connectivity index (χ4v) is 4.11. The van der Waals surface area contributed by atoms with Gasteiger partial charge in [0.05, 0.1) is 0 Å². The average molecular weight is 419 g/mol. The summed E-state index contributed by atoms with van der Waals surface area (Å²) in [5.41, 5.74) is 8.70. The van der Waals surface area contributed by atoms with Crippen molar-refractivity contribution in [3.63, 3.8) is 0 Å². The van der Waals surface area contributed by atoms with E-state index in [0.29, 0.717) is 12.0 Å². The number of aromatic nitrogens is 1. The Balaban J connectivity index is 1.96. The molecule has 1 N–H and O–H groups in total. The summed E-state index contributed by atoms with van der Waals surface area (Å²) in [6, 6.07) is 12.4. The average Bonchev–Trinajstić information content (AvgIpc) is 2.70. The van der Waals surface area contributed by atoms with Gasteiger partial charge in [-0.25, -0.2) is 9.37 Å². The molecule has 164 valence electrons. The SMILES string of the molecule is Cc1cc(-c2ccc(NC(C)C)nc2)c(C)c(C)c1-c1ccc(CCC(C)C)c(F)c1. The van der Waals surface area contributed by atoms with Crippen LogP contribution in [0.25, 0.3) is 22.3 Å². The van der Waals surface area contributed by atoms with Crippen LogP contribution >= 0.6 is 0 Å². The molecule has 0 spiro atoms. The molecule has 0 aliphatic rings. The third-order valence-electron chi connectivity index (χ3n) is 5.94. The van der Waals surface area contributed by atoms with Gasteiger partial charge in [0.2, 0.25) is 0 Å². The van der Waals surface area contributed by atoms with Crippen LogP contribution in [-0.2, 0) is 6.42 Å². The zero-order valence-corrected chi connectivity index (χ0v) is 19.9. The fraction of sp³-hybridized carbons (Fsp3) is 0.393. The summed E-state index contributed by atoms with van der Waals surface area (Å²) in [5, 5.41) is 3.33. The van der Waals surface area contributed by atoms with Crippen LogP contribution in [0.3, 0.4) is 0 Å². The van der Waals surface area contributed by atoms with E-state index in [2.05, 4.69) is 77.0 Å². The van der Waals surface area contributed by atoms with E-state index in [4.69, 9.17) is 0 Å². The molecule has 0 saturated heterocycles. The van der Waals surface area contributed by atoms with Crippen LogP contribution in [0.15, 0.2) is 42.6 Å². The maximum Gasteiger partial charge on any atom is 0.127 e. The number of pyridine rings is 1. The minimum Gasteiger partial charge on any atom is -0.368 e. The number of aryl methyl sites for hydroxylation is 2. The Hall–Kier alpha value is -2.68. The van der Waals surface area contributed by atoms with Crippen LogP contribution in [-0.4, -0.2) is 11.0 Å². The predicted molar refractivity (Wildman–Crippen MR) is 131 cm³/mol. The van der Waals surface area contributed by atoms with E-state index in [1.807, 2.05) is 18.3 Å². The number of anilines is 1. The summed E-state index contributed by atoms with van der Waals surface area (Å²) < 4.78 is 14.8. The van der Waals surface area contributed by atoms with E-state index in [1.54, 1.807) is 6.07 Å². The maximum absolute atomic E-state index is 14.8. The second kappa shape index (κ2) is 9.64. The molecule has 2 aromatic carbocycles. The summed E-state index contributed by atoms with van der Waals surface area (Å²) in [7, 11) is 0. The highest BCUT2D eigenvalue weighted by Gasteiger charge is 2.15. The van der Waals surface area contributed by atoms with Gasteiger partial charge in [-0.15, -0.1) is 0 Å². The molecule has 3 heteroatoms. The van der Waals surface area contributed by atoms with E-state index >= 15 is 0 Å². The second-order valence-electron chi connectivity index (χ2n) is 9.34. The van der Waals surface area contributed by atoms with E-state index in [-0.39, 0.29) is 5.82 Å². The number of hydrogen-bond donors (Lipinski definition) is 1. The first-order chi connectivity index (χ1) is 14.7. The van der Waals surface area contributed by atoms with Gasteiger partial charge in [-0.05, 0) is 111 Å². The largest absolute Gasteiger partial charge is 0.368 e. The minimum absolute atomic E-state index is 0.101. The number of hydrogen-bond acceptors (Lipinski definition) is 2. The van der Waals surface area contributed by atoms with Crippen molar-refractivity contribution in [3.05, 3.63) is 70.7 Å². The highest BCUT2D eigenvalue weighted by Crippen LogP contribution is 2.36. The fourth-order valence-electron chi connectivity index (χ4n) is 4.11. The van der Waals surface area contributed by atoms with Crippen molar-refractivity contribution in [2.75, 3.05) is 5.32 Å². The van der Waals surface area contributed by atoms with Crippen LogP contribution in [0.5, 0.6) is 0 Å². The molecule has 0 amide bonds. The Kier molecular flexibility index (Phi) is 7.15. The summed E-state index contributed by atoms with van der Waals surface area (Å²) in [6.07, 6.45) is 3.71. The van der Waals surface area contributed by atoms with Crippen molar-refractivity contribution in [1.29, 1.82) is 0 Å². The van der Waals surface area contributed by atoms with Gasteiger partial charge in [-0.2, -0.15) is 0 Å². The minimum atomic E-state index is -0.101. The molecule has 0 aliphatic heterocycles. The van der Waals surface area contributed by atoms with E-state index in [9.17, 15) is 4.39 Å². The highest BCUT2D eigenvalue weighted by atomic mass is 19.1. The zero-order valence-electron chi connectivity index (χ0n) is 19.9. The van der Waals surface area contributed by atoms with Crippen LogP contribution in [0, 0.1) is 32.5 Å². The van der Waals surface area contributed by atoms with Gasteiger partial charge in [-0.3, -0.25) is 0 Å². The van der Waals surface area contributed by atoms with Crippen LogP contribution in [0.2, 0.25) is 0 Å². The van der Waals surface area contributed by atoms with E-state index in [1.165, 1.54) is 16.7 Å². The highest BCUT2D eigenvalue weighted by molar-refractivity contribution is 5.79. The molecule has 0 fully saturated rings. The number of nitrogens with zero attached hydrogens (tertiary/aromatic N) is 1. The lowest BCUT2D eigenvalue weighted by Crippen LogP contribution is -2.10. The molecule has 1 aromatic heterocycles. The van der Waals surface area contributed by atoms with Crippen molar-refractivity contribution < 1.29 is 4.39 Å². The Morgan fingerprint density at radius 1 is 0.903 bits per heavy atom. The maximum atomic E-state index is 14.8. The van der Waals surface area contributed by atoms with Crippen molar-refractivity contribution in [2.45, 2.75) is 67.3 Å².